The van der Waals surface area contributed by atoms with Crippen molar-refractivity contribution in [2.24, 2.45) is 0 Å². The van der Waals surface area contributed by atoms with Crippen LogP contribution in [0.15, 0.2) is 23.7 Å². The maximum absolute atomic E-state index is 13.9. The molecule has 1 aromatic heterocycles. The molecule has 108 valence electrons. The van der Waals surface area contributed by atoms with Crippen molar-refractivity contribution < 1.29 is 4.39 Å². The number of nitrogens with zero attached hydrogens (tertiary/aromatic N) is 2. The molecule has 0 atom stereocenters. The molecule has 1 aromatic carbocycles. The van der Waals surface area contributed by atoms with Gasteiger partial charge < -0.3 is 5.32 Å². The summed E-state index contributed by atoms with van der Waals surface area (Å²) in [6.07, 6.45) is 0. The molecule has 0 saturated heterocycles. The van der Waals surface area contributed by atoms with Crippen LogP contribution in [0.4, 0.5) is 4.39 Å². The highest BCUT2D eigenvalue weighted by Crippen LogP contribution is 2.17. The van der Waals surface area contributed by atoms with E-state index in [9.17, 15) is 4.39 Å². The molecule has 3 nitrogen and oxygen atoms in total. The number of aromatic nitrogens is 1. The average molecular weight is 293 g/mol. The molecule has 2 rings (SSSR count). The summed E-state index contributed by atoms with van der Waals surface area (Å²) in [5, 5.41) is 3.09. The first kappa shape index (κ1) is 15.1. The molecule has 0 aliphatic carbocycles. The predicted molar refractivity (Wildman–Crippen MR) is 81.2 cm³/mol. The maximum atomic E-state index is 13.9. The van der Waals surface area contributed by atoms with Gasteiger partial charge in [0.05, 0.1) is 11.2 Å². The van der Waals surface area contributed by atoms with Gasteiger partial charge in [0.25, 0.3) is 0 Å². The Labute approximate surface area is 123 Å². The van der Waals surface area contributed by atoms with E-state index in [0.29, 0.717) is 6.54 Å². The Morgan fingerprint density at radius 2 is 2.15 bits per heavy atom. The van der Waals surface area contributed by atoms with Crippen molar-refractivity contribution in [3.8, 4) is 0 Å². The van der Waals surface area contributed by atoms with Crippen molar-refractivity contribution in [2.45, 2.75) is 26.6 Å². The average Bonchev–Trinajstić information content (AvgIpc) is 2.79. The zero-order valence-electron chi connectivity index (χ0n) is 12.1. The summed E-state index contributed by atoms with van der Waals surface area (Å²) < 4.78 is 13.9. The summed E-state index contributed by atoms with van der Waals surface area (Å²) in [5.41, 5.74) is 4.76. The number of benzene rings is 1. The van der Waals surface area contributed by atoms with Crippen LogP contribution in [0.3, 0.4) is 0 Å². The quantitative estimate of drug-likeness (QED) is 0.887. The Hall–Kier alpha value is -1.30. The van der Waals surface area contributed by atoms with Crippen LogP contribution in [0.1, 0.15) is 21.7 Å². The van der Waals surface area contributed by atoms with Crippen molar-refractivity contribution in [2.75, 3.05) is 14.1 Å². The van der Waals surface area contributed by atoms with Gasteiger partial charge in [0.2, 0.25) is 0 Å². The van der Waals surface area contributed by atoms with Gasteiger partial charge in [-0.05, 0) is 32.6 Å². The van der Waals surface area contributed by atoms with Gasteiger partial charge in [-0.3, -0.25) is 4.90 Å². The molecule has 2 aromatic rings. The molecule has 1 heterocycles. The van der Waals surface area contributed by atoms with Crippen molar-refractivity contribution in [1.29, 1.82) is 0 Å². The largest absolute Gasteiger partial charge is 0.316 e. The third-order valence-corrected chi connectivity index (χ3v) is 4.11. The maximum Gasteiger partial charge on any atom is 0.127 e. The standard InChI is InChI=1S/C15H20FN3S/c1-11-15(20-10-18-11)9-19(3)8-13-6-12(7-17-2)4-5-14(13)16/h4-6,10,17H,7-9H2,1-3H3. The molecule has 0 unspecified atom stereocenters. The molecule has 0 fully saturated rings. The summed E-state index contributed by atoms with van der Waals surface area (Å²) in [7, 11) is 3.89. The minimum absolute atomic E-state index is 0.141. The fourth-order valence-corrected chi connectivity index (χ4v) is 2.99. The number of nitrogens with one attached hydrogen (secondary N) is 1. The molecular weight excluding hydrogens is 273 g/mol. The molecule has 1 N–H and O–H groups in total. The zero-order valence-corrected chi connectivity index (χ0v) is 12.9. The lowest BCUT2D eigenvalue weighted by atomic mass is 10.1. The number of hydrogen-bond donors (Lipinski definition) is 1. The molecule has 0 aliphatic rings. The molecule has 5 heteroatoms. The van der Waals surface area contributed by atoms with Gasteiger partial charge >= 0.3 is 0 Å². The lowest BCUT2D eigenvalue weighted by molar-refractivity contribution is 0.315. The highest BCUT2D eigenvalue weighted by Gasteiger charge is 2.10. The Morgan fingerprint density at radius 3 is 2.80 bits per heavy atom. The molecule has 0 saturated carbocycles. The van der Waals surface area contributed by atoms with Crippen LogP contribution in [0.5, 0.6) is 0 Å². The second kappa shape index (κ2) is 6.92. The first-order chi connectivity index (χ1) is 9.60. The van der Waals surface area contributed by atoms with E-state index in [4.69, 9.17) is 0 Å². The summed E-state index contributed by atoms with van der Waals surface area (Å²) in [6.45, 7) is 4.16. The van der Waals surface area contributed by atoms with Crippen molar-refractivity contribution >= 4 is 11.3 Å². The third kappa shape index (κ3) is 3.85. The summed E-state index contributed by atoms with van der Waals surface area (Å²) in [6, 6.07) is 5.30. The first-order valence-corrected chi connectivity index (χ1v) is 7.47. The van der Waals surface area contributed by atoms with Crippen molar-refractivity contribution in [1.82, 2.24) is 15.2 Å². The minimum Gasteiger partial charge on any atom is -0.316 e. The van der Waals surface area contributed by atoms with Gasteiger partial charge in [-0.2, -0.15) is 0 Å². The van der Waals surface area contributed by atoms with Crippen LogP contribution in [0.25, 0.3) is 0 Å². The molecule has 0 amide bonds. The van der Waals surface area contributed by atoms with E-state index in [2.05, 4.69) is 15.2 Å². The number of rotatable bonds is 6. The van der Waals surface area contributed by atoms with Crippen LogP contribution in [0, 0.1) is 12.7 Å². The molecule has 0 aliphatic heterocycles. The Bertz CT molecular complexity index is 568. The second-order valence-corrected chi connectivity index (χ2v) is 5.93. The number of thiazole rings is 1. The highest BCUT2D eigenvalue weighted by atomic mass is 32.1. The Morgan fingerprint density at radius 1 is 1.35 bits per heavy atom. The van der Waals surface area contributed by atoms with E-state index in [0.717, 1.165) is 29.9 Å². The molecule has 0 radical (unpaired) electrons. The highest BCUT2D eigenvalue weighted by molar-refractivity contribution is 7.09. The van der Waals surface area contributed by atoms with Gasteiger partial charge in [0.15, 0.2) is 0 Å². The predicted octanol–water partition coefficient (Wildman–Crippen LogP) is 2.94. The summed E-state index contributed by atoms with van der Waals surface area (Å²) in [5.74, 6) is -0.141. The number of halogens is 1. The molecule has 0 spiro atoms. The topological polar surface area (TPSA) is 28.2 Å². The molecular formula is C15H20FN3S. The number of aryl methyl sites for hydroxylation is 1. The smallest absolute Gasteiger partial charge is 0.127 e. The monoisotopic (exact) mass is 293 g/mol. The van der Waals surface area contributed by atoms with Gasteiger partial charge in [-0.25, -0.2) is 9.37 Å². The summed E-state index contributed by atoms with van der Waals surface area (Å²) in [4.78, 5) is 7.59. The zero-order chi connectivity index (χ0) is 14.5. The van der Waals surface area contributed by atoms with E-state index in [1.807, 2.05) is 38.7 Å². The van der Waals surface area contributed by atoms with Gasteiger partial charge in [-0.15, -0.1) is 11.3 Å². The van der Waals surface area contributed by atoms with Crippen LogP contribution < -0.4 is 5.32 Å². The van der Waals surface area contributed by atoms with Gasteiger partial charge in [-0.1, -0.05) is 12.1 Å². The van der Waals surface area contributed by atoms with Crippen LogP contribution >= 0.6 is 11.3 Å². The fraction of sp³-hybridized carbons (Fsp3) is 0.400. The van der Waals surface area contributed by atoms with Gasteiger partial charge in [0.1, 0.15) is 5.82 Å². The van der Waals surface area contributed by atoms with E-state index in [1.54, 1.807) is 17.4 Å². The van der Waals surface area contributed by atoms with E-state index < -0.39 is 0 Å². The van der Waals surface area contributed by atoms with E-state index in [1.165, 1.54) is 4.88 Å². The van der Waals surface area contributed by atoms with E-state index >= 15 is 0 Å². The SMILES string of the molecule is CNCc1ccc(F)c(CN(C)Cc2scnc2C)c1. The summed E-state index contributed by atoms with van der Waals surface area (Å²) >= 11 is 1.65. The fourth-order valence-electron chi connectivity index (χ4n) is 2.13. The van der Waals surface area contributed by atoms with Crippen LogP contribution in [-0.2, 0) is 19.6 Å². The second-order valence-electron chi connectivity index (χ2n) is 4.99. The van der Waals surface area contributed by atoms with E-state index in [-0.39, 0.29) is 5.82 Å². The Kier molecular flexibility index (Phi) is 5.23. The Balaban J connectivity index is 2.05. The minimum atomic E-state index is -0.141. The molecule has 0 bridgehead atoms. The van der Waals surface area contributed by atoms with Crippen molar-refractivity contribution in [3.63, 3.8) is 0 Å². The van der Waals surface area contributed by atoms with Crippen LogP contribution in [-0.4, -0.2) is 24.0 Å². The van der Waals surface area contributed by atoms with Crippen molar-refractivity contribution in [3.05, 3.63) is 51.2 Å². The lowest BCUT2D eigenvalue weighted by Crippen LogP contribution is -2.18. The normalized spacial score (nSPS) is 11.2. The lowest BCUT2D eigenvalue weighted by Gasteiger charge is -2.17. The van der Waals surface area contributed by atoms with Gasteiger partial charge in [0, 0.05) is 30.1 Å². The molecule has 20 heavy (non-hydrogen) atoms. The van der Waals surface area contributed by atoms with Crippen LogP contribution in [0.2, 0.25) is 0 Å². The first-order valence-electron chi connectivity index (χ1n) is 6.59. The number of hydrogen-bond acceptors (Lipinski definition) is 4. The third-order valence-electron chi connectivity index (χ3n) is 3.19.